The van der Waals surface area contributed by atoms with Gasteiger partial charge in [-0.15, -0.1) is 0 Å². The smallest absolute Gasteiger partial charge is 0.339 e. The number of carbonyl (C=O) groups excluding carboxylic acids is 4. The van der Waals surface area contributed by atoms with Gasteiger partial charge in [0.1, 0.15) is 6.54 Å². The number of benzene rings is 3. The quantitative estimate of drug-likeness (QED) is 0.398. The average molecular weight is 519 g/mol. The number of methoxy groups -OCH3 is 2. The highest BCUT2D eigenvalue weighted by atomic mass is 16.6. The van der Waals surface area contributed by atoms with E-state index in [1.807, 2.05) is 18.2 Å². The van der Waals surface area contributed by atoms with E-state index in [1.165, 1.54) is 24.0 Å². The van der Waals surface area contributed by atoms with Crippen LogP contribution in [0.1, 0.15) is 11.7 Å². The number of esters is 1. The highest BCUT2D eigenvalue weighted by Crippen LogP contribution is 2.22. The normalized spacial score (nSPS) is 11.1. The van der Waals surface area contributed by atoms with E-state index in [0.29, 0.717) is 22.6 Å². The first-order valence-corrected chi connectivity index (χ1v) is 11.8. The minimum absolute atomic E-state index is 0.217. The van der Waals surface area contributed by atoms with Crippen LogP contribution >= 0.6 is 0 Å². The predicted octanol–water partition coefficient (Wildman–Crippen LogP) is 3.36. The lowest BCUT2D eigenvalue weighted by Crippen LogP contribution is -2.46. The molecule has 0 spiro atoms. The third-order valence-corrected chi connectivity index (χ3v) is 5.68. The number of anilines is 3. The molecular weight excluding hydrogens is 488 g/mol. The fourth-order valence-corrected chi connectivity index (χ4v) is 3.65. The molecule has 10 heteroatoms. The van der Waals surface area contributed by atoms with E-state index in [4.69, 9.17) is 9.47 Å². The highest BCUT2D eigenvalue weighted by Gasteiger charge is 2.23. The van der Waals surface area contributed by atoms with Crippen LogP contribution in [-0.4, -0.2) is 58.2 Å². The number of nitrogens with zero attached hydrogens (tertiary/aromatic N) is 2. The van der Waals surface area contributed by atoms with Crippen molar-refractivity contribution in [2.75, 3.05) is 49.5 Å². The van der Waals surface area contributed by atoms with Crippen LogP contribution in [0, 0.1) is 0 Å². The number of rotatable bonds is 10. The van der Waals surface area contributed by atoms with Gasteiger partial charge in [-0.25, -0.2) is 9.59 Å². The van der Waals surface area contributed by atoms with Crippen LogP contribution in [0.25, 0.3) is 0 Å². The van der Waals surface area contributed by atoms with Gasteiger partial charge in [0.15, 0.2) is 6.10 Å². The minimum atomic E-state index is -0.947. The van der Waals surface area contributed by atoms with Gasteiger partial charge in [0.05, 0.1) is 13.7 Å². The zero-order chi connectivity index (χ0) is 27.5. The molecule has 0 aliphatic carbocycles. The number of carbonyl (C=O) groups is 4. The molecule has 3 aromatic carbocycles. The SMILES string of the molecule is COC(=O)C(OC)c1cccc(NC(=O)NCC(=O)N(CC(=O)N(C)c2ccccc2)c2ccccc2)c1. The van der Waals surface area contributed by atoms with E-state index in [1.54, 1.807) is 73.8 Å². The standard InChI is InChI=1S/C28H30N4O6/c1-31(22-13-6-4-7-14-22)25(34)19-32(23-15-8-5-9-16-23)24(33)18-29-28(36)30-21-12-10-11-20(17-21)26(37-2)27(35)38-3/h4-17,26H,18-19H2,1-3H3,(H2,29,30,36). The Morgan fingerprint density at radius 3 is 2.05 bits per heavy atom. The number of nitrogens with one attached hydrogen (secondary N) is 2. The molecule has 0 heterocycles. The monoisotopic (exact) mass is 518 g/mol. The molecule has 1 atom stereocenters. The average Bonchev–Trinajstić information content (AvgIpc) is 2.95. The second-order valence-corrected chi connectivity index (χ2v) is 8.18. The maximum atomic E-state index is 13.1. The molecule has 0 bridgehead atoms. The molecule has 0 saturated heterocycles. The summed E-state index contributed by atoms with van der Waals surface area (Å²) in [5.74, 6) is -1.35. The number of urea groups is 1. The van der Waals surface area contributed by atoms with Crippen molar-refractivity contribution >= 4 is 40.9 Å². The number of amides is 4. The summed E-state index contributed by atoms with van der Waals surface area (Å²) >= 11 is 0. The van der Waals surface area contributed by atoms with Gasteiger partial charge in [0.2, 0.25) is 11.8 Å². The molecule has 198 valence electrons. The lowest BCUT2D eigenvalue weighted by Gasteiger charge is -2.25. The molecule has 0 saturated carbocycles. The molecule has 1 unspecified atom stereocenters. The van der Waals surface area contributed by atoms with Gasteiger partial charge >= 0.3 is 12.0 Å². The number of ether oxygens (including phenoxy) is 2. The second kappa shape index (κ2) is 13.6. The number of hydrogen-bond donors (Lipinski definition) is 2. The number of likely N-dealkylation sites (N-methyl/N-ethyl adjacent to an activating group) is 1. The van der Waals surface area contributed by atoms with Crippen molar-refractivity contribution in [2.24, 2.45) is 0 Å². The molecule has 3 aromatic rings. The fourth-order valence-electron chi connectivity index (χ4n) is 3.65. The Morgan fingerprint density at radius 2 is 1.45 bits per heavy atom. The van der Waals surface area contributed by atoms with Gasteiger partial charge in [-0.3, -0.25) is 9.59 Å². The number of hydrogen-bond acceptors (Lipinski definition) is 6. The van der Waals surface area contributed by atoms with Crippen LogP contribution in [0.2, 0.25) is 0 Å². The molecule has 0 aliphatic rings. The van der Waals surface area contributed by atoms with Crippen molar-refractivity contribution in [3.8, 4) is 0 Å². The van der Waals surface area contributed by atoms with E-state index in [9.17, 15) is 19.2 Å². The lowest BCUT2D eigenvalue weighted by atomic mass is 10.1. The van der Waals surface area contributed by atoms with Crippen LogP contribution in [0.4, 0.5) is 21.9 Å². The van der Waals surface area contributed by atoms with Gasteiger partial charge in [-0.1, -0.05) is 48.5 Å². The van der Waals surface area contributed by atoms with Crippen LogP contribution < -0.4 is 20.4 Å². The molecule has 0 fully saturated rings. The minimum Gasteiger partial charge on any atom is -0.467 e. The number of para-hydroxylation sites is 2. The van der Waals surface area contributed by atoms with E-state index in [2.05, 4.69) is 10.6 Å². The van der Waals surface area contributed by atoms with Gasteiger partial charge in [0.25, 0.3) is 0 Å². The first-order chi connectivity index (χ1) is 18.3. The maximum absolute atomic E-state index is 13.1. The Morgan fingerprint density at radius 1 is 0.816 bits per heavy atom. The first kappa shape index (κ1) is 27.9. The van der Waals surface area contributed by atoms with E-state index in [-0.39, 0.29) is 19.0 Å². The van der Waals surface area contributed by atoms with Crippen LogP contribution in [0.15, 0.2) is 84.9 Å². The maximum Gasteiger partial charge on any atom is 0.339 e. The van der Waals surface area contributed by atoms with Gasteiger partial charge in [-0.2, -0.15) is 0 Å². The zero-order valence-electron chi connectivity index (χ0n) is 21.4. The second-order valence-electron chi connectivity index (χ2n) is 8.18. The summed E-state index contributed by atoms with van der Waals surface area (Å²) in [5.41, 5.74) is 2.10. The Balaban J connectivity index is 1.66. The molecular formula is C28H30N4O6. The largest absolute Gasteiger partial charge is 0.467 e. The topological polar surface area (TPSA) is 117 Å². The predicted molar refractivity (Wildman–Crippen MR) is 144 cm³/mol. The van der Waals surface area contributed by atoms with Crippen LogP contribution in [0.3, 0.4) is 0 Å². The van der Waals surface area contributed by atoms with Crippen LogP contribution in [-0.2, 0) is 23.9 Å². The van der Waals surface area contributed by atoms with Crippen molar-refractivity contribution in [3.05, 3.63) is 90.5 Å². The van der Waals surface area contributed by atoms with Gasteiger partial charge in [0, 0.05) is 31.2 Å². The van der Waals surface area contributed by atoms with Gasteiger partial charge < -0.3 is 29.9 Å². The van der Waals surface area contributed by atoms with Crippen molar-refractivity contribution in [1.29, 1.82) is 0 Å². The van der Waals surface area contributed by atoms with Crippen molar-refractivity contribution < 1.29 is 28.7 Å². The molecule has 38 heavy (non-hydrogen) atoms. The van der Waals surface area contributed by atoms with Crippen LogP contribution in [0.5, 0.6) is 0 Å². The molecule has 4 amide bonds. The molecule has 0 aromatic heterocycles. The fraction of sp³-hybridized carbons (Fsp3) is 0.214. The van der Waals surface area contributed by atoms with Crippen molar-refractivity contribution in [3.63, 3.8) is 0 Å². The highest BCUT2D eigenvalue weighted by molar-refractivity contribution is 6.05. The molecule has 3 rings (SSSR count). The Bertz CT molecular complexity index is 1250. The molecule has 0 aliphatic heterocycles. The summed E-state index contributed by atoms with van der Waals surface area (Å²) < 4.78 is 9.93. The summed E-state index contributed by atoms with van der Waals surface area (Å²) in [6.07, 6.45) is -0.947. The Hall–Kier alpha value is -4.70. The summed E-state index contributed by atoms with van der Waals surface area (Å²) in [5, 5.41) is 5.15. The lowest BCUT2D eigenvalue weighted by molar-refractivity contribution is -0.152. The third kappa shape index (κ3) is 7.40. The van der Waals surface area contributed by atoms with Crippen molar-refractivity contribution in [1.82, 2.24) is 5.32 Å². The zero-order valence-corrected chi connectivity index (χ0v) is 21.4. The Labute approximate surface area is 221 Å². The summed E-state index contributed by atoms with van der Waals surface area (Å²) in [6.45, 7) is -0.572. The van der Waals surface area contributed by atoms with Gasteiger partial charge in [-0.05, 0) is 42.0 Å². The summed E-state index contributed by atoms with van der Waals surface area (Å²) in [4.78, 5) is 53.4. The third-order valence-electron chi connectivity index (χ3n) is 5.68. The van der Waals surface area contributed by atoms with E-state index in [0.717, 1.165) is 0 Å². The summed E-state index contributed by atoms with van der Waals surface area (Å²) in [7, 11) is 4.27. The molecule has 10 nitrogen and oxygen atoms in total. The summed E-state index contributed by atoms with van der Waals surface area (Å²) in [6, 6.07) is 23.7. The van der Waals surface area contributed by atoms with Crippen molar-refractivity contribution in [2.45, 2.75) is 6.10 Å². The Kier molecular flexibility index (Phi) is 9.95. The van der Waals surface area contributed by atoms with E-state index >= 15 is 0 Å². The molecule has 0 radical (unpaired) electrons. The first-order valence-electron chi connectivity index (χ1n) is 11.8. The molecule has 2 N–H and O–H groups in total. The van der Waals surface area contributed by atoms with E-state index < -0.39 is 24.0 Å².